The van der Waals surface area contributed by atoms with Crippen LogP contribution in [-0.4, -0.2) is 73.9 Å². The fourth-order valence-electron chi connectivity index (χ4n) is 3.17. The summed E-state index contributed by atoms with van der Waals surface area (Å²) in [6.45, 7) is 4.22. The van der Waals surface area contributed by atoms with Crippen molar-refractivity contribution in [2.45, 2.75) is 31.2 Å². The monoisotopic (exact) mass is 442 g/mol. The van der Waals surface area contributed by atoms with Gasteiger partial charge in [0.15, 0.2) is 0 Å². The van der Waals surface area contributed by atoms with Crippen LogP contribution in [0.4, 0.5) is 10.5 Å². The minimum absolute atomic E-state index is 0.0450. The summed E-state index contributed by atoms with van der Waals surface area (Å²) in [5.41, 5.74) is -0.310. The van der Waals surface area contributed by atoms with Crippen LogP contribution in [0.2, 0.25) is 0 Å². The zero-order valence-electron chi connectivity index (χ0n) is 17.1. The Morgan fingerprint density at radius 3 is 2.40 bits per heavy atom. The maximum Gasteiger partial charge on any atom is 0.407 e. The number of sulfonamides is 1. The van der Waals surface area contributed by atoms with E-state index in [0.717, 1.165) is 6.07 Å². The number of nitrogens with zero attached hydrogens (tertiary/aromatic N) is 3. The van der Waals surface area contributed by atoms with Crippen LogP contribution in [0.3, 0.4) is 0 Å². The second-order valence-corrected chi connectivity index (χ2v) is 9.24. The lowest BCUT2D eigenvalue weighted by Gasteiger charge is -2.36. The first-order chi connectivity index (χ1) is 14.1. The Labute approximate surface area is 175 Å². The summed E-state index contributed by atoms with van der Waals surface area (Å²) in [6.07, 6.45) is -0.291. The molecule has 1 aromatic rings. The second kappa shape index (κ2) is 9.85. The third-order valence-electron chi connectivity index (χ3n) is 4.70. The maximum atomic E-state index is 12.8. The molecule has 0 aromatic heterocycles. The number of piperazine rings is 1. The molecule has 166 valence electrons. The number of non-ortho nitro benzene ring substituents is 1. The van der Waals surface area contributed by atoms with Gasteiger partial charge in [-0.2, -0.15) is 4.31 Å². The summed E-state index contributed by atoms with van der Waals surface area (Å²) in [6, 6.07) is 4.10. The second-order valence-electron chi connectivity index (χ2n) is 7.30. The Balaban J connectivity index is 2.08. The largest absolute Gasteiger partial charge is 0.453 e. The summed E-state index contributed by atoms with van der Waals surface area (Å²) in [7, 11) is -2.72. The van der Waals surface area contributed by atoms with Gasteiger partial charge in [-0.15, -0.1) is 0 Å². The van der Waals surface area contributed by atoms with E-state index in [9.17, 15) is 28.1 Å². The highest BCUT2D eigenvalue weighted by atomic mass is 32.2. The molecule has 1 unspecified atom stereocenters. The summed E-state index contributed by atoms with van der Waals surface area (Å²) < 4.78 is 31.4. The Kier molecular flexibility index (Phi) is 7.73. The molecule has 0 saturated carbocycles. The van der Waals surface area contributed by atoms with Gasteiger partial charge >= 0.3 is 6.09 Å². The number of methoxy groups -OCH3 is 1. The van der Waals surface area contributed by atoms with Gasteiger partial charge in [-0.25, -0.2) is 13.2 Å². The van der Waals surface area contributed by atoms with Gasteiger partial charge < -0.3 is 15.0 Å². The molecule has 1 atom stereocenters. The highest BCUT2D eigenvalue weighted by Gasteiger charge is 2.34. The normalized spacial score (nSPS) is 16.2. The smallest absolute Gasteiger partial charge is 0.407 e. The molecule has 12 heteroatoms. The van der Waals surface area contributed by atoms with Crippen molar-refractivity contribution in [2.24, 2.45) is 5.92 Å². The molecule has 30 heavy (non-hydrogen) atoms. The number of amides is 2. The molecule has 0 radical (unpaired) electrons. The molecule has 1 aliphatic heterocycles. The number of alkyl carbamates (subject to hydrolysis) is 1. The predicted octanol–water partition coefficient (Wildman–Crippen LogP) is 1.20. The number of ether oxygens (including phenoxy) is 1. The summed E-state index contributed by atoms with van der Waals surface area (Å²) in [4.78, 5) is 36.0. The van der Waals surface area contributed by atoms with Gasteiger partial charge in [0.05, 0.1) is 16.9 Å². The highest BCUT2D eigenvalue weighted by molar-refractivity contribution is 7.89. The van der Waals surface area contributed by atoms with Crippen molar-refractivity contribution in [2.75, 3.05) is 33.3 Å². The van der Waals surface area contributed by atoms with Gasteiger partial charge in [0.25, 0.3) is 5.69 Å². The minimum atomic E-state index is -3.93. The van der Waals surface area contributed by atoms with Gasteiger partial charge in [0.1, 0.15) is 6.04 Å². The zero-order valence-corrected chi connectivity index (χ0v) is 17.9. The van der Waals surface area contributed by atoms with Gasteiger partial charge in [0.2, 0.25) is 15.9 Å². The van der Waals surface area contributed by atoms with E-state index in [1.807, 2.05) is 13.8 Å². The van der Waals surface area contributed by atoms with E-state index < -0.39 is 27.1 Å². The third kappa shape index (κ3) is 5.66. The molecule has 0 aliphatic carbocycles. The van der Waals surface area contributed by atoms with Crippen LogP contribution in [0.5, 0.6) is 0 Å². The summed E-state index contributed by atoms with van der Waals surface area (Å²) in [5.74, 6) is -0.159. The van der Waals surface area contributed by atoms with E-state index in [1.165, 1.54) is 34.5 Å². The number of hydrogen-bond acceptors (Lipinski definition) is 7. The SMILES string of the molecule is COC(=O)NC(CC(C)C)C(=O)N1CCN(S(=O)(=O)c2cccc([N+](=O)[O-])c2)CC1. The van der Waals surface area contributed by atoms with Crippen LogP contribution in [0.15, 0.2) is 29.2 Å². The number of nitrogens with one attached hydrogen (secondary N) is 1. The number of hydrogen-bond donors (Lipinski definition) is 1. The molecule has 2 rings (SSSR count). The highest BCUT2D eigenvalue weighted by Crippen LogP contribution is 2.22. The van der Waals surface area contributed by atoms with Crippen molar-refractivity contribution >= 4 is 27.7 Å². The van der Waals surface area contributed by atoms with Gasteiger partial charge in [-0.05, 0) is 18.4 Å². The van der Waals surface area contributed by atoms with Gasteiger partial charge in [0, 0.05) is 38.3 Å². The van der Waals surface area contributed by atoms with Crippen LogP contribution in [-0.2, 0) is 19.6 Å². The number of carbonyl (C=O) groups excluding carboxylic acids is 2. The van der Waals surface area contributed by atoms with E-state index in [4.69, 9.17) is 0 Å². The number of carbonyl (C=O) groups is 2. The first-order valence-electron chi connectivity index (χ1n) is 9.44. The molecule has 11 nitrogen and oxygen atoms in total. The summed E-state index contributed by atoms with van der Waals surface area (Å²) >= 11 is 0. The average Bonchev–Trinajstić information content (AvgIpc) is 2.72. The molecule has 2 amide bonds. The van der Waals surface area contributed by atoms with Gasteiger partial charge in [-0.3, -0.25) is 14.9 Å². The molecule has 1 fully saturated rings. The number of nitro groups is 1. The van der Waals surface area contributed by atoms with Crippen LogP contribution < -0.4 is 5.32 Å². The topological polar surface area (TPSA) is 139 Å². The molecule has 0 bridgehead atoms. The third-order valence-corrected chi connectivity index (χ3v) is 6.59. The standard InChI is InChI=1S/C18H26N4O7S/c1-13(2)11-16(19-18(24)29-3)17(23)20-7-9-21(10-8-20)30(27,28)15-6-4-5-14(12-15)22(25)26/h4-6,12-13,16H,7-11H2,1-3H3,(H,19,24). The number of nitro benzene ring substituents is 1. The Bertz CT molecular complexity index is 896. The first kappa shape index (κ1) is 23.5. The van der Waals surface area contributed by atoms with Crippen LogP contribution in [0.1, 0.15) is 20.3 Å². The molecule has 1 saturated heterocycles. The van der Waals surface area contributed by atoms with Gasteiger partial charge in [-0.1, -0.05) is 19.9 Å². The lowest BCUT2D eigenvalue weighted by atomic mass is 10.0. The molecule has 1 aliphatic rings. The van der Waals surface area contributed by atoms with Crippen LogP contribution in [0, 0.1) is 16.0 Å². The lowest BCUT2D eigenvalue weighted by Crippen LogP contribution is -2.56. The fraction of sp³-hybridized carbons (Fsp3) is 0.556. The molecule has 0 spiro atoms. The minimum Gasteiger partial charge on any atom is -0.453 e. The molecule has 1 aromatic carbocycles. The lowest BCUT2D eigenvalue weighted by molar-refractivity contribution is -0.385. The van der Waals surface area contributed by atoms with Crippen molar-refractivity contribution < 1.29 is 27.7 Å². The Morgan fingerprint density at radius 1 is 1.23 bits per heavy atom. The number of rotatable bonds is 7. The van der Waals surface area contributed by atoms with E-state index in [0.29, 0.717) is 6.42 Å². The van der Waals surface area contributed by atoms with E-state index in [-0.39, 0.29) is 48.6 Å². The molecular formula is C18H26N4O7S. The quantitative estimate of drug-likeness (QED) is 0.494. The van der Waals surface area contributed by atoms with Crippen molar-refractivity contribution in [3.8, 4) is 0 Å². The van der Waals surface area contributed by atoms with Crippen molar-refractivity contribution in [3.05, 3.63) is 34.4 Å². The summed E-state index contributed by atoms with van der Waals surface area (Å²) in [5, 5.41) is 13.5. The predicted molar refractivity (Wildman–Crippen MR) is 107 cm³/mol. The van der Waals surface area contributed by atoms with Crippen molar-refractivity contribution in [1.82, 2.24) is 14.5 Å². The first-order valence-corrected chi connectivity index (χ1v) is 10.9. The van der Waals surface area contributed by atoms with Crippen molar-refractivity contribution in [3.63, 3.8) is 0 Å². The van der Waals surface area contributed by atoms with Crippen LogP contribution >= 0.6 is 0 Å². The Hall–Kier alpha value is -2.73. The van der Waals surface area contributed by atoms with E-state index in [2.05, 4.69) is 10.1 Å². The molecular weight excluding hydrogens is 416 g/mol. The number of benzene rings is 1. The molecule has 1 heterocycles. The average molecular weight is 442 g/mol. The zero-order chi connectivity index (χ0) is 22.5. The Morgan fingerprint density at radius 2 is 1.87 bits per heavy atom. The van der Waals surface area contributed by atoms with Crippen LogP contribution in [0.25, 0.3) is 0 Å². The van der Waals surface area contributed by atoms with E-state index >= 15 is 0 Å². The fourth-order valence-corrected chi connectivity index (χ4v) is 4.63. The molecule has 1 N–H and O–H groups in total. The van der Waals surface area contributed by atoms with E-state index in [1.54, 1.807) is 0 Å². The van der Waals surface area contributed by atoms with Crippen molar-refractivity contribution in [1.29, 1.82) is 0 Å². The maximum absolute atomic E-state index is 12.8.